The number of nitrogens with one attached hydrogen (secondary N) is 1. The Hall–Kier alpha value is -2.67. The number of carbonyl (C=O) groups excluding carboxylic acids is 1. The summed E-state index contributed by atoms with van der Waals surface area (Å²) >= 11 is 3.37. The topological polar surface area (TPSA) is 77.2 Å². The number of ether oxygens (including phenoxy) is 1. The number of hydrogen-bond donors (Lipinski definition) is 1. The molecule has 0 fully saturated rings. The lowest BCUT2D eigenvalue weighted by molar-refractivity contribution is 0.102. The lowest BCUT2D eigenvalue weighted by Gasteiger charge is -2.07. The number of benzene rings is 2. The van der Waals surface area contributed by atoms with Crippen molar-refractivity contribution in [2.24, 2.45) is 0 Å². The third-order valence-corrected chi connectivity index (χ3v) is 3.72. The Labute approximate surface area is 140 Å². The lowest BCUT2D eigenvalue weighted by atomic mass is 10.1. The molecule has 1 aromatic heterocycles. The quantitative estimate of drug-likeness (QED) is 0.753. The van der Waals surface area contributed by atoms with Gasteiger partial charge in [-0.15, -0.1) is 0 Å². The van der Waals surface area contributed by atoms with E-state index in [1.165, 1.54) is 7.11 Å². The molecule has 0 aliphatic rings. The van der Waals surface area contributed by atoms with Crippen LogP contribution in [0.15, 0.2) is 57.6 Å². The number of nitrogens with zero attached hydrogens (tertiary/aromatic N) is 2. The van der Waals surface area contributed by atoms with Crippen molar-refractivity contribution in [3.8, 4) is 17.0 Å². The Morgan fingerprint density at radius 1 is 1.13 bits per heavy atom. The number of para-hydroxylation sites is 1. The normalized spacial score (nSPS) is 10.3. The molecule has 0 aliphatic carbocycles. The average Bonchev–Trinajstić information content (AvgIpc) is 3.03. The fourth-order valence-electron chi connectivity index (χ4n) is 2.07. The van der Waals surface area contributed by atoms with E-state index in [4.69, 9.17) is 9.37 Å². The Kier molecular flexibility index (Phi) is 4.38. The van der Waals surface area contributed by atoms with Crippen LogP contribution in [0, 0.1) is 0 Å². The minimum atomic E-state index is -0.350. The zero-order valence-corrected chi connectivity index (χ0v) is 13.7. The molecule has 0 saturated carbocycles. The van der Waals surface area contributed by atoms with Crippen LogP contribution in [0.3, 0.4) is 0 Å². The zero-order valence-electron chi connectivity index (χ0n) is 12.1. The Morgan fingerprint density at radius 3 is 2.61 bits per heavy atom. The second kappa shape index (κ2) is 6.62. The Bertz CT molecular complexity index is 831. The van der Waals surface area contributed by atoms with Crippen LogP contribution in [0.1, 0.15) is 10.4 Å². The first kappa shape index (κ1) is 15.2. The highest BCUT2D eigenvalue weighted by molar-refractivity contribution is 9.10. The molecule has 0 spiro atoms. The number of anilines is 1. The second-order valence-corrected chi connectivity index (χ2v) is 5.54. The maximum absolute atomic E-state index is 12.4. The molecule has 6 nitrogen and oxygen atoms in total. The van der Waals surface area contributed by atoms with Gasteiger partial charge in [-0.3, -0.25) is 4.79 Å². The Balaban J connectivity index is 1.88. The van der Waals surface area contributed by atoms with E-state index in [2.05, 4.69) is 31.6 Å². The van der Waals surface area contributed by atoms with Crippen molar-refractivity contribution >= 4 is 27.7 Å². The highest BCUT2D eigenvalue weighted by Crippen LogP contribution is 2.27. The third kappa shape index (κ3) is 3.24. The van der Waals surface area contributed by atoms with Gasteiger partial charge in [-0.25, -0.2) is 4.63 Å². The van der Waals surface area contributed by atoms with Gasteiger partial charge in [0.2, 0.25) is 5.82 Å². The molecule has 7 heteroatoms. The molecular formula is C16H12BrN3O3. The number of halogens is 1. The molecule has 3 rings (SSSR count). The lowest BCUT2D eigenvalue weighted by Crippen LogP contribution is -2.14. The highest BCUT2D eigenvalue weighted by Gasteiger charge is 2.18. The van der Waals surface area contributed by atoms with Crippen LogP contribution in [0.25, 0.3) is 11.3 Å². The van der Waals surface area contributed by atoms with Crippen LogP contribution in [0.2, 0.25) is 0 Å². The van der Waals surface area contributed by atoms with Crippen LogP contribution in [-0.2, 0) is 0 Å². The molecule has 1 amide bonds. The van der Waals surface area contributed by atoms with Crippen molar-refractivity contribution in [2.45, 2.75) is 0 Å². The van der Waals surface area contributed by atoms with Crippen molar-refractivity contribution in [1.29, 1.82) is 0 Å². The summed E-state index contributed by atoms with van der Waals surface area (Å²) in [6.45, 7) is 0. The van der Waals surface area contributed by atoms with Crippen LogP contribution >= 0.6 is 15.9 Å². The fraction of sp³-hybridized carbons (Fsp3) is 0.0625. The number of amides is 1. The van der Waals surface area contributed by atoms with Crippen molar-refractivity contribution in [1.82, 2.24) is 10.3 Å². The summed E-state index contributed by atoms with van der Waals surface area (Å²) in [4.78, 5) is 12.4. The number of rotatable bonds is 4. The summed E-state index contributed by atoms with van der Waals surface area (Å²) in [7, 11) is 1.51. The molecule has 23 heavy (non-hydrogen) atoms. The first-order valence-corrected chi connectivity index (χ1v) is 7.51. The fourth-order valence-corrected chi connectivity index (χ4v) is 2.34. The van der Waals surface area contributed by atoms with Crippen molar-refractivity contribution in [3.05, 3.63) is 58.6 Å². The monoisotopic (exact) mass is 373 g/mol. The SMILES string of the molecule is COc1ccccc1C(=O)Nc1nonc1-c1ccc(Br)cc1. The van der Waals surface area contributed by atoms with Gasteiger partial charge in [-0.2, -0.15) is 0 Å². The van der Waals surface area contributed by atoms with Gasteiger partial charge in [0.1, 0.15) is 5.75 Å². The van der Waals surface area contributed by atoms with E-state index >= 15 is 0 Å². The van der Waals surface area contributed by atoms with Gasteiger partial charge in [0.25, 0.3) is 5.91 Å². The molecule has 0 unspecified atom stereocenters. The summed E-state index contributed by atoms with van der Waals surface area (Å²) in [5, 5.41) is 10.3. The smallest absolute Gasteiger partial charge is 0.260 e. The molecule has 3 aromatic rings. The molecule has 2 aromatic carbocycles. The van der Waals surface area contributed by atoms with E-state index < -0.39 is 0 Å². The van der Waals surface area contributed by atoms with Crippen LogP contribution < -0.4 is 10.1 Å². The molecular weight excluding hydrogens is 362 g/mol. The summed E-state index contributed by atoms with van der Waals surface area (Å²) < 4.78 is 10.9. The van der Waals surface area contributed by atoms with Crippen LogP contribution in [0.4, 0.5) is 5.82 Å². The molecule has 116 valence electrons. The largest absolute Gasteiger partial charge is 0.496 e. The first-order chi connectivity index (χ1) is 11.2. The maximum atomic E-state index is 12.4. The van der Waals surface area contributed by atoms with Crippen LogP contribution in [0.5, 0.6) is 5.75 Å². The number of methoxy groups -OCH3 is 1. The number of hydrogen-bond acceptors (Lipinski definition) is 5. The summed E-state index contributed by atoms with van der Waals surface area (Å²) in [5.74, 6) is 0.381. The van der Waals surface area contributed by atoms with E-state index in [-0.39, 0.29) is 11.7 Å². The average molecular weight is 374 g/mol. The van der Waals surface area contributed by atoms with E-state index in [1.54, 1.807) is 24.3 Å². The molecule has 1 N–H and O–H groups in total. The first-order valence-electron chi connectivity index (χ1n) is 6.72. The van der Waals surface area contributed by atoms with Gasteiger partial charge in [0.05, 0.1) is 12.7 Å². The van der Waals surface area contributed by atoms with E-state index in [1.807, 2.05) is 24.3 Å². The van der Waals surface area contributed by atoms with E-state index in [9.17, 15) is 4.79 Å². The molecule has 0 atom stereocenters. The minimum absolute atomic E-state index is 0.253. The van der Waals surface area contributed by atoms with Gasteiger partial charge in [0.15, 0.2) is 5.69 Å². The molecule has 0 radical (unpaired) electrons. The maximum Gasteiger partial charge on any atom is 0.260 e. The molecule has 1 heterocycles. The summed E-state index contributed by atoms with van der Waals surface area (Å²) in [6.07, 6.45) is 0. The molecule has 0 bridgehead atoms. The summed E-state index contributed by atoms with van der Waals surface area (Å²) in [6, 6.07) is 14.4. The second-order valence-electron chi connectivity index (χ2n) is 4.62. The van der Waals surface area contributed by atoms with Crippen LogP contribution in [-0.4, -0.2) is 23.3 Å². The third-order valence-electron chi connectivity index (χ3n) is 3.19. The highest BCUT2D eigenvalue weighted by atomic mass is 79.9. The van der Waals surface area contributed by atoms with Crippen molar-refractivity contribution in [2.75, 3.05) is 12.4 Å². The molecule has 0 saturated heterocycles. The molecule has 0 aliphatic heterocycles. The Morgan fingerprint density at radius 2 is 1.87 bits per heavy atom. The number of carbonyl (C=O) groups is 1. The van der Waals surface area contributed by atoms with Gasteiger partial charge in [-0.05, 0) is 34.6 Å². The van der Waals surface area contributed by atoms with E-state index in [0.717, 1.165) is 10.0 Å². The predicted octanol–water partition coefficient (Wildman–Crippen LogP) is 3.76. The van der Waals surface area contributed by atoms with Crippen molar-refractivity contribution < 1.29 is 14.2 Å². The standard InChI is InChI=1S/C16H12BrN3O3/c1-22-13-5-3-2-4-12(13)16(21)18-15-14(19-23-20-15)10-6-8-11(17)9-7-10/h2-9H,1H3,(H,18,20,21). The van der Waals surface area contributed by atoms with E-state index in [0.29, 0.717) is 17.0 Å². The van der Waals surface area contributed by atoms with Gasteiger partial charge >= 0.3 is 0 Å². The van der Waals surface area contributed by atoms with Crippen molar-refractivity contribution in [3.63, 3.8) is 0 Å². The number of aromatic nitrogens is 2. The van der Waals surface area contributed by atoms with Gasteiger partial charge in [0, 0.05) is 10.0 Å². The van der Waals surface area contributed by atoms with Gasteiger partial charge < -0.3 is 10.1 Å². The van der Waals surface area contributed by atoms with Gasteiger partial charge in [-0.1, -0.05) is 40.2 Å². The minimum Gasteiger partial charge on any atom is -0.496 e. The zero-order chi connectivity index (χ0) is 16.2. The predicted molar refractivity (Wildman–Crippen MR) is 88.4 cm³/mol. The summed E-state index contributed by atoms with van der Waals surface area (Å²) in [5.41, 5.74) is 1.64.